The van der Waals surface area contributed by atoms with Crippen LogP contribution in [0.2, 0.25) is 0 Å². The summed E-state index contributed by atoms with van der Waals surface area (Å²) in [6, 6.07) is 8.69. The number of benzene rings is 1. The largest absolute Gasteiger partial charge is 0.382 e. The van der Waals surface area contributed by atoms with E-state index in [4.69, 9.17) is 9.47 Å². The highest BCUT2D eigenvalue weighted by Gasteiger charge is 2.29. The maximum atomic E-state index is 5.54. The summed E-state index contributed by atoms with van der Waals surface area (Å²) in [7, 11) is 1.70. The van der Waals surface area contributed by atoms with Crippen molar-refractivity contribution in [2.24, 2.45) is 5.92 Å². The topological polar surface area (TPSA) is 18.5 Å². The van der Waals surface area contributed by atoms with Crippen molar-refractivity contribution in [1.29, 1.82) is 0 Å². The molecule has 0 N–H and O–H groups in total. The van der Waals surface area contributed by atoms with Crippen LogP contribution in [0, 0.1) is 5.92 Å². The third-order valence-corrected chi connectivity index (χ3v) is 4.55. The Kier molecular flexibility index (Phi) is 5.01. The monoisotopic (exact) mass is 298 g/mol. The number of rotatable bonds is 6. The zero-order valence-corrected chi connectivity index (χ0v) is 11.8. The molecule has 1 aliphatic carbocycles. The Morgan fingerprint density at radius 3 is 2.82 bits per heavy atom. The third-order valence-electron chi connectivity index (χ3n) is 3.31. The van der Waals surface area contributed by atoms with Crippen LogP contribution >= 0.6 is 15.9 Å². The van der Waals surface area contributed by atoms with E-state index in [0.29, 0.717) is 24.0 Å². The van der Waals surface area contributed by atoms with Crippen LogP contribution < -0.4 is 0 Å². The molecule has 94 valence electrons. The number of fused-ring (bicyclic) bond motifs is 1. The van der Waals surface area contributed by atoms with Gasteiger partial charge in [-0.1, -0.05) is 40.2 Å². The molecule has 0 radical (unpaired) electrons. The average Bonchev–Trinajstić information content (AvgIpc) is 2.67. The van der Waals surface area contributed by atoms with Gasteiger partial charge < -0.3 is 9.47 Å². The van der Waals surface area contributed by atoms with E-state index in [9.17, 15) is 0 Å². The van der Waals surface area contributed by atoms with Crippen molar-refractivity contribution in [2.45, 2.75) is 17.7 Å². The summed E-state index contributed by atoms with van der Waals surface area (Å²) in [6.07, 6.45) is 2.27. The first-order valence-corrected chi connectivity index (χ1v) is 7.03. The summed E-state index contributed by atoms with van der Waals surface area (Å²) >= 11 is 3.81. The van der Waals surface area contributed by atoms with Crippen LogP contribution in [0.1, 0.15) is 22.4 Å². The molecule has 0 aliphatic heterocycles. The molecule has 2 nitrogen and oxygen atoms in total. The van der Waals surface area contributed by atoms with Crippen molar-refractivity contribution in [3.8, 4) is 0 Å². The Morgan fingerprint density at radius 2 is 2.06 bits per heavy atom. The van der Waals surface area contributed by atoms with Gasteiger partial charge in [-0.25, -0.2) is 0 Å². The van der Waals surface area contributed by atoms with Crippen molar-refractivity contribution in [3.63, 3.8) is 0 Å². The maximum Gasteiger partial charge on any atom is 0.0700 e. The molecule has 3 heteroatoms. The molecule has 2 rings (SSSR count). The number of methoxy groups -OCH3 is 1. The number of hydrogen-bond acceptors (Lipinski definition) is 2. The fraction of sp³-hybridized carbons (Fsp3) is 0.571. The van der Waals surface area contributed by atoms with E-state index in [-0.39, 0.29) is 0 Å². The first-order valence-electron chi connectivity index (χ1n) is 6.11. The van der Waals surface area contributed by atoms with E-state index < -0.39 is 0 Å². The van der Waals surface area contributed by atoms with E-state index in [2.05, 4.69) is 40.2 Å². The van der Waals surface area contributed by atoms with Gasteiger partial charge in [-0.15, -0.1) is 0 Å². The van der Waals surface area contributed by atoms with Gasteiger partial charge in [0.05, 0.1) is 13.2 Å². The number of hydrogen-bond donors (Lipinski definition) is 0. The number of halogens is 1. The lowest BCUT2D eigenvalue weighted by Crippen LogP contribution is -2.09. The lowest BCUT2D eigenvalue weighted by molar-refractivity contribution is 0.0641. The Hall–Kier alpha value is -0.380. The Labute approximate surface area is 111 Å². The van der Waals surface area contributed by atoms with E-state index in [1.54, 1.807) is 7.11 Å². The van der Waals surface area contributed by atoms with Crippen molar-refractivity contribution >= 4 is 15.9 Å². The first kappa shape index (κ1) is 13.1. The van der Waals surface area contributed by atoms with Crippen LogP contribution in [0.3, 0.4) is 0 Å². The molecule has 0 spiro atoms. The molecule has 0 aromatic heterocycles. The molecule has 0 amide bonds. The summed E-state index contributed by atoms with van der Waals surface area (Å²) in [5.41, 5.74) is 2.94. The smallest absolute Gasteiger partial charge is 0.0700 e. The van der Waals surface area contributed by atoms with Crippen LogP contribution in [-0.2, 0) is 15.9 Å². The SMILES string of the molecule is COCCOCCC1Cc2ccccc2C1Br. The lowest BCUT2D eigenvalue weighted by Gasteiger charge is -2.14. The summed E-state index contributed by atoms with van der Waals surface area (Å²) in [6.45, 7) is 2.20. The van der Waals surface area contributed by atoms with Crippen LogP contribution in [0.25, 0.3) is 0 Å². The molecule has 1 aromatic carbocycles. The second-order valence-electron chi connectivity index (χ2n) is 4.46. The van der Waals surface area contributed by atoms with Crippen LogP contribution in [0.4, 0.5) is 0 Å². The normalized spacial score (nSPS) is 22.7. The fourth-order valence-corrected chi connectivity index (χ4v) is 3.25. The molecule has 0 heterocycles. The van der Waals surface area contributed by atoms with Crippen LogP contribution in [-0.4, -0.2) is 26.9 Å². The third kappa shape index (κ3) is 3.30. The zero-order chi connectivity index (χ0) is 12.1. The molecule has 1 aliphatic rings. The molecule has 1 aromatic rings. The van der Waals surface area contributed by atoms with Crippen molar-refractivity contribution in [3.05, 3.63) is 35.4 Å². The molecule has 0 bridgehead atoms. The van der Waals surface area contributed by atoms with Gasteiger partial charge >= 0.3 is 0 Å². The lowest BCUT2D eigenvalue weighted by atomic mass is 10.0. The molecule has 2 atom stereocenters. The Bertz CT molecular complexity index is 354. The minimum atomic E-state index is 0.490. The van der Waals surface area contributed by atoms with E-state index in [1.807, 2.05) is 0 Å². The van der Waals surface area contributed by atoms with E-state index >= 15 is 0 Å². The Morgan fingerprint density at radius 1 is 1.24 bits per heavy atom. The molecule has 17 heavy (non-hydrogen) atoms. The standard InChI is InChI=1S/C14H19BrO2/c1-16-8-9-17-7-6-12-10-11-4-2-3-5-13(11)14(12)15/h2-5,12,14H,6-10H2,1H3. The Balaban J connectivity index is 1.78. The van der Waals surface area contributed by atoms with Gasteiger partial charge in [0, 0.05) is 18.5 Å². The highest BCUT2D eigenvalue weighted by atomic mass is 79.9. The second kappa shape index (κ2) is 6.53. The number of ether oxygens (including phenoxy) is 2. The van der Waals surface area contributed by atoms with Gasteiger partial charge in [0.15, 0.2) is 0 Å². The quantitative estimate of drug-likeness (QED) is 0.592. The molecular formula is C14H19BrO2. The van der Waals surface area contributed by atoms with Crippen molar-refractivity contribution in [2.75, 3.05) is 26.9 Å². The van der Waals surface area contributed by atoms with Gasteiger partial charge in [-0.05, 0) is 29.9 Å². The minimum Gasteiger partial charge on any atom is -0.382 e. The average molecular weight is 299 g/mol. The highest BCUT2D eigenvalue weighted by Crippen LogP contribution is 2.43. The fourth-order valence-electron chi connectivity index (χ4n) is 2.36. The molecule has 0 saturated carbocycles. The van der Waals surface area contributed by atoms with Gasteiger partial charge in [0.1, 0.15) is 0 Å². The van der Waals surface area contributed by atoms with Gasteiger partial charge in [-0.2, -0.15) is 0 Å². The maximum absolute atomic E-state index is 5.54. The van der Waals surface area contributed by atoms with Gasteiger partial charge in [-0.3, -0.25) is 0 Å². The van der Waals surface area contributed by atoms with E-state index in [0.717, 1.165) is 13.0 Å². The van der Waals surface area contributed by atoms with Crippen LogP contribution in [0.5, 0.6) is 0 Å². The summed E-state index contributed by atoms with van der Waals surface area (Å²) in [4.78, 5) is 0.490. The highest BCUT2D eigenvalue weighted by molar-refractivity contribution is 9.09. The molecule has 0 saturated heterocycles. The van der Waals surface area contributed by atoms with Gasteiger partial charge in [0.25, 0.3) is 0 Å². The molecular weight excluding hydrogens is 280 g/mol. The van der Waals surface area contributed by atoms with Crippen molar-refractivity contribution in [1.82, 2.24) is 0 Å². The number of alkyl halides is 1. The molecule has 0 fully saturated rings. The van der Waals surface area contributed by atoms with Crippen LogP contribution in [0.15, 0.2) is 24.3 Å². The molecule has 2 unspecified atom stereocenters. The second-order valence-corrected chi connectivity index (χ2v) is 5.45. The zero-order valence-electron chi connectivity index (χ0n) is 10.2. The summed E-state index contributed by atoms with van der Waals surface area (Å²) in [5.74, 6) is 0.662. The van der Waals surface area contributed by atoms with Gasteiger partial charge in [0.2, 0.25) is 0 Å². The van der Waals surface area contributed by atoms with E-state index in [1.165, 1.54) is 17.5 Å². The summed E-state index contributed by atoms with van der Waals surface area (Å²) in [5, 5.41) is 0. The van der Waals surface area contributed by atoms with Crippen molar-refractivity contribution < 1.29 is 9.47 Å². The predicted octanol–water partition coefficient (Wildman–Crippen LogP) is 3.35. The first-order chi connectivity index (χ1) is 8.33. The summed E-state index contributed by atoms with van der Waals surface area (Å²) < 4.78 is 10.5. The predicted molar refractivity (Wildman–Crippen MR) is 72.6 cm³/mol. The minimum absolute atomic E-state index is 0.490.